The first-order valence-electron chi connectivity index (χ1n) is 3.51. The summed E-state index contributed by atoms with van der Waals surface area (Å²) >= 11 is 0. The maximum absolute atomic E-state index is 10.5. The molecule has 0 bridgehead atoms. The fourth-order valence-corrected chi connectivity index (χ4v) is 0.363. The van der Waals surface area contributed by atoms with Gasteiger partial charge in [-0.25, -0.2) is 10.8 Å². The number of hydrogen-bond acceptors (Lipinski definition) is 4. The standard InChI is InChI=1S/C7H10N2O2.CH2N2/c1-3-6(10)8-5-9-7(11)4-2;2-1-3/h3-4H,1-2,5H2,(H,8,10)(H,9,11);2-3H. The second kappa shape index (κ2) is 10.8. The van der Waals surface area contributed by atoms with Crippen molar-refractivity contribution in [3.05, 3.63) is 25.3 Å². The van der Waals surface area contributed by atoms with Crippen LogP contribution < -0.4 is 10.6 Å². The number of rotatable bonds is 4. The van der Waals surface area contributed by atoms with Crippen molar-refractivity contribution in [2.24, 2.45) is 0 Å². The molecular weight excluding hydrogens is 184 g/mol. The molecule has 0 aliphatic carbocycles. The van der Waals surface area contributed by atoms with Crippen LogP contribution in [0.15, 0.2) is 25.3 Å². The predicted molar refractivity (Wildman–Crippen MR) is 52.0 cm³/mol. The zero-order chi connectivity index (χ0) is 11.4. The first-order chi connectivity index (χ1) is 6.62. The molecule has 2 amide bonds. The maximum Gasteiger partial charge on any atom is 0.244 e. The number of carbonyl (C=O) groups is 2. The van der Waals surface area contributed by atoms with Crippen molar-refractivity contribution >= 4 is 17.8 Å². The first kappa shape index (κ1) is 14.3. The topological polar surface area (TPSA) is 106 Å². The van der Waals surface area contributed by atoms with Crippen LogP contribution in [0.4, 0.5) is 0 Å². The minimum Gasteiger partial charge on any atom is -0.335 e. The van der Waals surface area contributed by atoms with Crippen LogP contribution in [-0.2, 0) is 9.59 Å². The summed E-state index contributed by atoms with van der Waals surface area (Å²) in [5.74, 6) is -0.649. The highest BCUT2D eigenvalue weighted by Gasteiger charge is 1.93. The van der Waals surface area contributed by atoms with Crippen LogP contribution in [0.5, 0.6) is 0 Å². The second-order valence-corrected chi connectivity index (χ2v) is 1.79. The van der Waals surface area contributed by atoms with Crippen molar-refractivity contribution in [1.29, 1.82) is 10.8 Å². The molecule has 0 aliphatic rings. The highest BCUT2D eigenvalue weighted by Crippen LogP contribution is 1.65. The van der Waals surface area contributed by atoms with E-state index in [0.717, 1.165) is 12.2 Å². The molecule has 0 spiro atoms. The minimum atomic E-state index is -0.325. The highest BCUT2D eigenvalue weighted by atomic mass is 16.2. The summed E-state index contributed by atoms with van der Waals surface area (Å²) in [6, 6.07) is 1.25. The largest absolute Gasteiger partial charge is 0.335 e. The van der Waals surface area contributed by atoms with Crippen molar-refractivity contribution in [3.8, 4) is 0 Å². The molecule has 0 aliphatic heterocycles. The molecule has 0 atom stereocenters. The van der Waals surface area contributed by atoms with Crippen molar-refractivity contribution in [3.63, 3.8) is 0 Å². The van der Waals surface area contributed by atoms with Crippen LogP contribution in [0.25, 0.3) is 0 Å². The molecule has 0 fully saturated rings. The lowest BCUT2D eigenvalue weighted by molar-refractivity contribution is -0.118. The first-order valence-corrected chi connectivity index (χ1v) is 3.51. The minimum absolute atomic E-state index is 0.0930. The van der Waals surface area contributed by atoms with Gasteiger partial charge in [0.05, 0.1) is 12.7 Å². The zero-order valence-electron chi connectivity index (χ0n) is 7.59. The average molecular weight is 196 g/mol. The van der Waals surface area contributed by atoms with Crippen LogP contribution in [0.1, 0.15) is 0 Å². The zero-order valence-corrected chi connectivity index (χ0v) is 7.59. The summed E-state index contributed by atoms with van der Waals surface area (Å²) in [4.78, 5) is 21.0. The Hall–Kier alpha value is -2.20. The SMILES string of the molecule is C=CC(=O)NCNC(=O)C=C.N=C=N. The number of hydrogen-bond donors (Lipinski definition) is 4. The lowest BCUT2D eigenvalue weighted by Crippen LogP contribution is -2.35. The quantitative estimate of drug-likeness (QED) is 0.285. The summed E-state index contributed by atoms with van der Waals surface area (Å²) in [7, 11) is 0. The molecule has 0 heterocycles. The van der Waals surface area contributed by atoms with Crippen molar-refractivity contribution in [2.75, 3.05) is 6.67 Å². The van der Waals surface area contributed by atoms with E-state index in [0.29, 0.717) is 0 Å². The Morgan fingerprint density at radius 3 is 1.64 bits per heavy atom. The Morgan fingerprint density at radius 2 is 1.43 bits per heavy atom. The van der Waals surface area contributed by atoms with Gasteiger partial charge in [0.25, 0.3) is 0 Å². The monoisotopic (exact) mass is 196 g/mol. The molecule has 76 valence electrons. The van der Waals surface area contributed by atoms with Gasteiger partial charge < -0.3 is 10.6 Å². The summed E-state index contributed by atoms with van der Waals surface area (Å²) in [5, 5.41) is 16.0. The van der Waals surface area contributed by atoms with Gasteiger partial charge in [-0.2, -0.15) is 0 Å². The summed E-state index contributed by atoms with van der Waals surface area (Å²) in [6.07, 6.45) is 2.25. The van der Waals surface area contributed by atoms with E-state index in [9.17, 15) is 9.59 Å². The molecule has 6 heteroatoms. The molecule has 0 radical (unpaired) electrons. The van der Waals surface area contributed by atoms with Gasteiger partial charge in [-0.15, -0.1) is 0 Å². The molecule has 0 saturated carbocycles. The van der Waals surface area contributed by atoms with E-state index in [4.69, 9.17) is 10.8 Å². The van der Waals surface area contributed by atoms with E-state index < -0.39 is 0 Å². The molecule has 6 nitrogen and oxygen atoms in total. The van der Waals surface area contributed by atoms with E-state index in [1.54, 1.807) is 0 Å². The lowest BCUT2D eigenvalue weighted by atomic mass is 10.5. The van der Waals surface area contributed by atoms with Gasteiger partial charge in [0.15, 0.2) is 0 Å². The molecular formula is C8H12N4O2. The van der Waals surface area contributed by atoms with E-state index >= 15 is 0 Å². The molecule has 0 rings (SSSR count). The Kier molecular flexibility index (Phi) is 11.1. The van der Waals surface area contributed by atoms with Gasteiger partial charge in [-0.05, 0) is 12.2 Å². The Labute approximate surface area is 81.7 Å². The number of carbonyl (C=O) groups excluding carboxylic acids is 2. The van der Waals surface area contributed by atoms with Gasteiger partial charge in [0.1, 0.15) is 0 Å². The second-order valence-electron chi connectivity index (χ2n) is 1.79. The third-order valence-electron chi connectivity index (χ3n) is 0.896. The third kappa shape index (κ3) is 12.5. The number of amides is 2. The van der Waals surface area contributed by atoms with Gasteiger partial charge in [0.2, 0.25) is 11.8 Å². The predicted octanol–water partition coefficient (Wildman–Crippen LogP) is -0.134. The van der Waals surface area contributed by atoms with Crippen molar-refractivity contribution < 1.29 is 9.59 Å². The maximum atomic E-state index is 10.5. The Balaban J connectivity index is 0. The van der Waals surface area contributed by atoms with E-state index in [1.165, 1.54) is 6.01 Å². The molecule has 0 aromatic carbocycles. The molecule has 0 unspecified atom stereocenters. The molecule has 0 aromatic rings. The van der Waals surface area contributed by atoms with E-state index in [1.807, 2.05) is 0 Å². The van der Waals surface area contributed by atoms with Gasteiger partial charge in [-0.1, -0.05) is 13.2 Å². The Bertz CT molecular complexity index is 234. The van der Waals surface area contributed by atoms with Gasteiger partial charge >= 0.3 is 0 Å². The van der Waals surface area contributed by atoms with Gasteiger partial charge in [-0.3, -0.25) is 9.59 Å². The van der Waals surface area contributed by atoms with E-state index in [2.05, 4.69) is 23.8 Å². The third-order valence-corrected chi connectivity index (χ3v) is 0.896. The van der Waals surface area contributed by atoms with Crippen LogP contribution in [0, 0.1) is 10.8 Å². The average Bonchev–Trinajstić information content (AvgIpc) is 2.18. The van der Waals surface area contributed by atoms with E-state index in [-0.39, 0.29) is 18.5 Å². The summed E-state index contributed by atoms with van der Waals surface area (Å²) in [6.45, 7) is 6.56. The molecule has 0 aromatic heterocycles. The van der Waals surface area contributed by atoms with Crippen LogP contribution in [0.2, 0.25) is 0 Å². The summed E-state index contributed by atoms with van der Waals surface area (Å²) in [5.41, 5.74) is 0. The normalized spacial score (nSPS) is 6.86. The smallest absolute Gasteiger partial charge is 0.244 e. The van der Waals surface area contributed by atoms with Crippen LogP contribution >= 0.6 is 0 Å². The molecule has 0 saturated heterocycles. The molecule has 14 heavy (non-hydrogen) atoms. The van der Waals surface area contributed by atoms with Gasteiger partial charge in [0, 0.05) is 0 Å². The highest BCUT2D eigenvalue weighted by molar-refractivity contribution is 5.89. The fourth-order valence-electron chi connectivity index (χ4n) is 0.363. The molecule has 4 N–H and O–H groups in total. The fraction of sp³-hybridized carbons (Fsp3) is 0.125. The lowest BCUT2D eigenvalue weighted by Gasteiger charge is -2.01. The van der Waals surface area contributed by atoms with Crippen LogP contribution in [0.3, 0.4) is 0 Å². The Morgan fingerprint density at radius 1 is 1.14 bits per heavy atom. The summed E-state index contributed by atoms with van der Waals surface area (Å²) < 4.78 is 0. The van der Waals surface area contributed by atoms with Crippen molar-refractivity contribution in [2.45, 2.75) is 0 Å². The van der Waals surface area contributed by atoms with Crippen molar-refractivity contribution in [1.82, 2.24) is 10.6 Å². The number of nitrogens with one attached hydrogen (secondary N) is 4. The van der Waals surface area contributed by atoms with Crippen LogP contribution in [-0.4, -0.2) is 24.5 Å².